The van der Waals surface area contributed by atoms with Gasteiger partial charge < -0.3 is 14.4 Å². The van der Waals surface area contributed by atoms with Crippen LogP contribution in [-0.4, -0.2) is 41.9 Å². The molecule has 46 heavy (non-hydrogen) atoms. The maximum Gasteiger partial charge on any atom is 0.243 e. The molecule has 0 aliphatic carbocycles. The van der Waals surface area contributed by atoms with Crippen molar-refractivity contribution in [2.24, 2.45) is 0 Å². The van der Waals surface area contributed by atoms with Crippen molar-refractivity contribution < 1.29 is 9.47 Å². The van der Waals surface area contributed by atoms with Gasteiger partial charge in [0.2, 0.25) is 5.88 Å². The lowest BCUT2D eigenvalue weighted by Crippen LogP contribution is -2.22. The number of methoxy groups -OCH3 is 2. The molecule has 0 N–H and O–H groups in total. The molecule has 0 radical (unpaired) electrons. The summed E-state index contributed by atoms with van der Waals surface area (Å²) in [6.07, 6.45) is 23.2. The first-order valence-corrected chi connectivity index (χ1v) is 18.9. The highest BCUT2D eigenvalue weighted by Crippen LogP contribution is 2.38. The van der Waals surface area contributed by atoms with Crippen molar-refractivity contribution in [2.75, 3.05) is 32.2 Å². The number of benzene rings is 1. The number of imidazole rings is 1. The Morgan fingerprint density at radius 3 is 2.04 bits per heavy atom. The minimum Gasteiger partial charge on any atom is -0.496 e. The van der Waals surface area contributed by atoms with Gasteiger partial charge in [-0.25, -0.2) is 9.50 Å². The molecule has 0 saturated carbocycles. The molecule has 3 heterocycles. The van der Waals surface area contributed by atoms with Gasteiger partial charge in [0, 0.05) is 23.5 Å². The highest BCUT2D eigenvalue weighted by molar-refractivity contribution is 7.16. The molecule has 0 aliphatic heterocycles. The van der Waals surface area contributed by atoms with E-state index >= 15 is 0 Å². The summed E-state index contributed by atoms with van der Waals surface area (Å²) in [5, 5.41) is 7.33. The zero-order valence-electron chi connectivity index (χ0n) is 29.3. The predicted octanol–water partition coefficient (Wildman–Crippen LogP) is 10.3. The zero-order chi connectivity index (χ0) is 32.6. The fourth-order valence-electron chi connectivity index (χ4n) is 6.33. The van der Waals surface area contributed by atoms with Crippen LogP contribution in [0.3, 0.4) is 0 Å². The summed E-state index contributed by atoms with van der Waals surface area (Å²) in [4.78, 5) is 8.95. The van der Waals surface area contributed by atoms with Crippen LogP contribution in [0.1, 0.15) is 128 Å². The Morgan fingerprint density at radius 1 is 0.761 bits per heavy atom. The van der Waals surface area contributed by atoms with E-state index in [0.717, 1.165) is 59.5 Å². The Labute approximate surface area is 282 Å². The van der Waals surface area contributed by atoms with Crippen molar-refractivity contribution in [2.45, 2.75) is 124 Å². The minimum absolute atomic E-state index is 0.567. The summed E-state index contributed by atoms with van der Waals surface area (Å²) >= 11 is 1.85. The summed E-state index contributed by atoms with van der Waals surface area (Å²) in [6.45, 7) is 8.90. The Balaban J connectivity index is 1.50. The Kier molecular flexibility index (Phi) is 15.2. The van der Waals surface area contributed by atoms with E-state index in [1.165, 1.54) is 99.8 Å². The lowest BCUT2D eigenvalue weighted by Gasteiger charge is -2.20. The topological polar surface area (TPSA) is 51.9 Å². The molecule has 0 aliphatic rings. The monoisotopic (exact) mass is 646 g/mol. The molecule has 0 fully saturated rings. The first-order chi connectivity index (χ1) is 22.6. The normalized spacial score (nSPS) is 12.0. The van der Waals surface area contributed by atoms with Crippen LogP contribution in [0, 0.1) is 0 Å². The molecule has 0 amide bonds. The van der Waals surface area contributed by atoms with Crippen molar-refractivity contribution >= 4 is 28.1 Å². The molecule has 0 saturated heterocycles. The first kappa shape index (κ1) is 35.8. The second kappa shape index (κ2) is 19.6. The number of aryl methyl sites for hydroxylation is 1. The van der Waals surface area contributed by atoms with Crippen molar-refractivity contribution in [1.82, 2.24) is 14.6 Å². The number of anilines is 1. The van der Waals surface area contributed by atoms with Crippen LogP contribution in [0.5, 0.6) is 11.6 Å². The van der Waals surface area contributed by atoms with Crippen LogP contribution in [-0.2, 0) is 6.42 Å². The van der Waals surface area contributed by atoms with Gasteiger partial charge in [-0.1, -0.05) is 116 Å². The highest BCUT2D eigenvalue weighted by Gasteiger charge is 2.23. The fourth-order valence-corrected chi connectivity index (χ4v) is 7.37. The quantitative estimate of drug-likeness (QED) is 0.0751. The third kappa shape index (κ3) is 9.73. The van der Waals surface area contributed by atoms with Gasteiger partial charge in [0.05, 0.1) is 35.8 Å². The van der Waals surface area contributed by atoms with Crippen LogP contribution in [0.2, 0.25) is 0 Å². The van der Waals surface area contributed by atoms with E-state index in [0.29, 0.717) is 5.88 Å². The zero-order valence-corrected chi connectivity index (χ0v) is 30.1. The van der Waals surface area contributed by atoms with Crippen molar-refractivity contribution in [3.63, 3.8) is 0 Å². The third-order valence-corrected chi connectivity index (χ3v) is 10.1. The van der Waals surface area contributed by atoms with Crippen LogP contribution in [0.15, 0.2) is 36.4 Å². The standard InChI is InChI=1S/C39H58N4O2S/c1-6-9-11-12-13-14-15-16-17-18-19-20-21-25-33-34(30-31-27-28-36(46-31)42(8-3)29-10-7-2)43-38(40-33)37(39(41-43)45-5)32-24-22-23-26-35(32)44-4/h22-24,26-28,30H,6-21,25,29H2,1-5H3/b34-30-. The summed E-state index contributed by atoms with van der Waals surface area (Å²) in [5.74, 6) is 1.36. The number of ether oxygens (including phenoxy) is 2. The molecule has 6 nitrogen and oxygen atoms in total. The smallest absolute Gasteiger partial charge is 0.243 e. The lowest BCUT2D eigenvalue weighted by atomic mass is 10.0. The third-order valence-electron chi connectivity index (χ3n) is 9.05. The van der Waals surface area contributed by atoms with Gasteiger partial charge in [-0.05, 0) is 50.5 Å². The fraction of sp³-hybridized carbons (Fsp3) is 0.590. The molecule has 0 bridgehead atoms. The number of rotatable bonds is 23. The van der Waals surface area contributed by atoms with E-state index in [1.807, 2.05) is 34.1 Å². The molecule has 0 atom stereocenters. The Hall–Kier alpha value is -3.06. The molecule has 1 aromatic carbocycles. The van der Waals surface area contributed by atoms with Crippen LogP contribution < -0.4 is 19.7 Å². The average molecular weight is 647 g/mol. The molecule has 252 valence electrons. The second-order valence-corrected chi connectivity index (χ2v) is 13.6. The van der Waals surface area contributed by atoms with Crippen molar-refractivity contribution in [3.05, 3.63) is 52.3 Å². The van der Waals surface area contributed by atoms with Gasteiger partial charge in [-0.3, -0.25) is 0 Å². The summed E-state index contributed by atoms with van der Waals surface area (Å²) in [6, 6.07) is 12.6. The van der Waals surface area contributed by atoms with E-state index < -0.39 is 0 Å². The molecule has 0 spiro atoms. The van der Waals surface area contributed by atoms with Gasteiger partial charge in [0.1, 0.15) is 5.75 Å². The molecule has 0 unspecified atom stereocenters. The van der Waals surface area contributed by atoms with E-state index in [2.05, 4.69) is 49.9 Å². The summed E-state index contributed by atoms with van der Waals surface area (Å²) < 4.78 is 13.5. The second-order valence-electron chi connectivity index (χ2n) is 12.5. The molecule has 7 heteroatoms. The SMILES string of the molecule is CCCCCCCCCCCCCCCc1nc2c(-c3ccccc3OC)c(OC)nn2/c1=C\c1ccc(N(CC)CCCC)s1. The maximum atomic E-state index is 5.81. The Morgan fingerprint density at radius 2 is 1.41 bits per heavy atom. The number of thiophene rings is 1. The van der Waals surface area contributed by atoms with Crippen LogP contribution in [0.25, 0.3) is 22.9 Å². The number of hydrogen-bond donors (Lipinski definition) is 0. The number of hydrogen-bond acceptors (Lipinski definition) is 6. The van der Waals surface area contributed by atoms with Crippen molar-refractivity contribution in [3.8, 4) is 22.8 Å². The van der Waals surface area contributed by atoms with Gasteiger partial charge in [0.25, 0.3) is 0 Å². The van der Waals surface area contributed by atoms with Gasteiger partial charge in [-0.2, -0.15) is 0 Å². The van der Waals surface area contributed by atoms with E-state index in [-0.39, 0.29) is 0 Å². The molecular weight excluding hydrogens is 589 g/mol. The van der Waals surface area contributed by atoms with Gasteiger partial charge >= 0.3 is 0 Å². The van der Waals surface area contributed by atoms with E-state index in [1.54, 1.807) is 14.2 Å². The van der Waals surface area contributed by atoms with E-state index in [9.17, 15) is 0 Å². The number of unbranched alkanes of at least 4 members (excludes halogenated alkanes) is 13. The predicted molar refractivity (Wildman–Crippen MR) is 197 cm³/mol. The van der Waals surface area contributed by atoms with Gasteiger partial charge in [0.15, 0.2) is 5.65 Å². The lowest BCUT2D eigenvalue weighted by molar-refractivity contribution is 0.394. The number of fused-ring (bicyclic) bond motifs is 1. The minimum atomic E-state index is 0.567. The summed E-state index contributed by atoms with van der Waals surface area (Å²) in [7, 11) is 3.39. The van der Waals surface area contributed by atoms with E-state index in [4.69, 9.17) is 19.6 Å². The van der Waals surface area contributed by atoms with Crippen molar-refractivity contribution in [1.29, 1.82) is 0 Å². The first-order valence-electron chi connectivity index (χ1n) is 18.1. The number of para-hydroxylation sites is 1. The number of aromatic nitrogens is 3. The van der Waals surface area contributed by atoms with Crippen LogP contribution in [0.4, 0.5) is 5.00 Å². The summed E-state index contributed by atoms with van der Waals surface area (Å²) in [5.41, 5.74) is 3.76. The molecule has 3 aromatic heterocycles. The van der Waals surface area contributed by atoms with Crippen LogP contribution >= 0.6 is 11.3 Å². The Bertz CT molecular complexity index is 1490. The molecule has 4 aromatic rings. The largest absolute Gasteiger partial charge is 0.496 e. The average Bonchev–Trinajstić information content (AvgIpc) is 3.78. The maximum absolute atomic E-state index is 5.81. The van der Waals surface area contributed by atoms with Gasteiger partial charge in [-0.15, -0.1) is 16.4 Å². The molecule has 4 rings (SSSR count). The molecular formula is C39H58N4O2S. The number of nitrogens with zero attached hydrogens (tertiary/aromatic N) is 4. The highest BCUT2D eigenvalue weighted by atomic mass is 32.1.